The van der Waals surface area contributed by atoms with Crippen LogP contribution in [-0.4, -0.2) is 57.8 Å². The number of cyclic esters (lactones) is 1. The minimum atomic E-state index is -1.49. The van der Waals surface area contributed by atoms with E-state index >= 15 is 0 Å². The number of carbonyl (C=O) groups is 2. The molecule has 6 fully saturated rings. The number of esters is 2. The van der Waals surface area contributed by atoms with Crippen LogP contribution in [0.4, 0.5) is 0 Å². The van der Waals surface area contributed by atoms with Crippen molar-refractivity contribution in [3.63, 3.8) is 0 Å². The average molecular weight is 919 g/mol. The summed E-state index contributed by atoms with van der Waals surface area (Å²) in [5, 5.41) is 39.9. The lowest BCUT2D eigenvalue weighted by molar-refractivity contribution is -0.327. The lowest BCUT2D eigenvalue weighted by atomic mass is 9.37. The SMILES string of the molecule is CC(=O)OC1CC(C)C(O)(CCC2=CC(=O)OC2)C2(C(O)CCC(C)CCCc3ccccc3)C(O)CCC(C)(C3CCC4(CC3)CC(CCc3ccccc3)C3(CCC5(CCCC5)C3)C4)C12. The highest BCUT2D eigenvalue weighted by Crippen LogP contribution is 2.74. The molecule has 67 heavy (non-hydrogen) atoms. The molecule has 2 aromatic rings. The lowest BCUT2D eigenvalue weighted by Crippen LogP contribution is -2.77. The smallest absolute Gasteiger partial charge is 0.331 e. The molecule has 0 amide bonds. The molecule has 2 aromatic carbocycles. The predicted molar refractivity (Wildman–Crippen MR) is 265 cm³/mol. The van der Waals surface area contributed by atoms with Crippen molar-refractivity contribution in [2.24, 2.45) is 56.7 Å². The van der Waals surface area contributed by atoms with Gasteiger partial charge in [0.1, 0.15) is 12.7 Å². The summed E-state index contributed by atoms with van der Waals surface area (Å²) in [7, 11) is 0. The molecule has 1 aliphatic heterocycles. The summed E-state index contributed by atoms with van der Waals surface area (Å²) in [5.41, 5.74) is 1.77. The number of hydrogen-bond donors (Lipinski definition) is 3. The van der Waals surface area contributed by atoms with Crippen molar-refractivity contribution < 1.29 is 34.4 Å². The van der Waals surface area contributed by atoms with E-state index in [-0.39, 0.29) is 24.5 Å². The Morgan fingerprint density at radius 1 is 0.836 bits per heavy atom. The number of fused-ring (bicyclic) bond motifs is 1. The average Bonchev–Trinajstić information content (AvgIpc) is 4.11. The van der Waals surface area contributed by atoms with Crippen molar-refractivity contribution in [3.8, 4) is 0 Å². The first kappa shape index (κ1) is 49.0. The van der Waals surface area contributed by atoms with Crippen LogP contribution >= 0.6 is 0 Å². The zero-order valence-electron chi connectivity index (χ0n) is 41.8. The summed E-state index contributed by atoms with van der Waals surface area (Å²) in [6.07, 6.45) is 25.4. The molecule has 368 valence electrons. The zero-order valence-corrected chi connectivity index (χ0v) is 41.8. The number of aliphatic hydroxyl groups excluding tert-OH is 2. The zero-order chi connectivity index (χ0) is 47.1. The molecule has 0 bridgehead atoms. The third-order valence-corrected chi connectivity index (χ3v) is 21.0. The molecule has 3 spiro atoms. The third-order valence-electron chi connectivity index (χ3n) is 21.0. The highest BCUT2D eigenvalue weighted by molar-refractivity contribution is 5.85. The van der Waals surface area contributed by atoms with E-state index in [4.69, 9.17) is 9.47 Å². The molecule has 9 rings (SSSR count). The van der Waals surface area contributed by atoms with Gasteiger partial charge in [0.05, 0.1) is 23.2 Å². The van der Waals surface area contributed by atoms with Crippen LogP contribution in [0.1, 0.15) is 187 Å². The van der Waals surface area contributed by atoms with Crippen LogP contribution in [0.5, 0.6) is 0 Å². The van der Waals surface area contributed by atoms with Gasteiger partial charge in [0, 0.05) is 18.9 Å². The first-order valence-corrected chi connectivity index (χ1v) is 27.3. The Hall–Kier alpha value is -3.00. The Balaban J connectivity index is 1.01. The lowest BCUT2D eigenvalue weighted by Gasteiger charge is -2.70. The molecule has 11 unspecified atom stereocenters. The first-order valence-electron chi connectivity index (χ1n) is 27.3. The van der Waals surface area contributed by atoms with Gasteiger partial charge in [-0.15, -0.1) is 0 Å². The molecule has 0 radical (unpaired) electrons. The molecule has 0 saturated heterocycles. The van der Waals surface area contributed by atoms with Crippen LogP contribution in [0, 0.1) is 56.7 Å². The molecular formula is C60H86O7. The van der Waals surface area contributed by atoms with E-state index in [9.17, 15) is 24.9 Å². The van der Waals surface area contributed by atoms with Gasteiger partial charge in [0.25, 0.3) is 0 Å². The van der Waals surface area contributed by atoms with Gasteiger partial charge >= 0.3 is 11.9 Å². The van der Waals surface area contributed by atoms with Gasteiger partial charge in [0.2, 0.25) is 0 Å². The molecule has 1 heterocycles. The van der Waals surface area contributed by atoms with Crippen LogP contribution < -0.4 is 0 Å². The number of ether oxygens (including phenoxy) is 2. The Labute approximate surface area is 403 Å². The Bertz CT molecular complexity index is 2030. The number of benzene rings is 2. The maximum atomic E-state index is 13.8. The molecule has 7 nitrogen and oxygen atoms in total. The highest BCUT2D eigenvalue weighted by Gasteiger charge is 2.74. The van der Waals surface area contributed by atoms with Gasteiger partial charge in [-0.25, -0.2) is 4.79 Å². The van der Waals surface area contributed by atoms with Crippen molar-refractivity contribution in [2.75, 3.05) is 6.61 Å². The molecule has 11 atom stereocenters. The summed E-state index contributed by atoms with van der Waals surface area (Å²) in [6, 6.07) is 21.8. The largest absolute Gasteiger partial charge is 0.462 e. The number of aliphatic hydroxyl groups is 3. The fraction of sp³-hybridized carbons (Fsp3) is 0.733. The van der Waals surface area contributed by atoms with Crippen molar-refractivity contribution in [1.82, 2.24) is 0 Å². The van der Waals surface area contributed by atoms with Gasteiger partial charge in [0.15, 0.2) is 0 Å². The third kappa shape index (κ3) is 9.39. The molecule has 6 aliphatic carbocycles. The first-order chi connectivity index (χ1) is 32.1. The second kappa shape index (κ2) is 19.7. The summed E-state index contributed by atoms with van der Waals surface area (Å²) in [5.74, 6) is -0.122. The van der Waals surface area contributed by atoms with Crippen LogP contribution in [-0.2, 0) is 31.9 Å². The van der Waals surface area contributed by atoms with Gasteiger partial charge in [-0.1, -0.05) is 101 Å². The molecule has 6 saturated carbocycles. The Morgan fingerprint density at radius 3 is 2.16 bits per heavy atom. The molecular weight excluding hydrogens is 833 g/mol. The molecule has 7 heteroatoms. The van der Waals surface area contributed by atoms with Gasteiger partial charge < -0.3 is 24.8 Å². The van der Waals surface area contributed by atoms with E-state index in [1.807, 2.05) is 6.92 Å². The highest BCUT2D eigenvalue weighted by atomic mass is 16.5. The van der Waals surface area contributed by atoms with Crippen molar-refractivity contribution in [2.45, 2.75) is 212 Å². The van der Waals surface area contributed by atoms with Crippen LogP contribution in [0.3, 0.4) is 0 Å². The topological polar surface area (TPSA) is 113 Å². The van der Waals surface area contributed by atoms with Crippen molar-refractivity contribution in [3.05, 3.63) is 83.4 Å². The van der Waals surface area contributed by atoms with Gasteiger partial charge in [-0.3, -0.25) is 4.79 Å². The molecule has 0 aromatic heterocycles. The van der Waals surface area contributed by atoms with Crippen molar-refractivity contribution >= 4 is 11.9 Å². The maximum Gasteiger partial charge on any atom is 0.331 e. The van der Waals surface area contributed by atoms with E-state index in [0.29, 0.717) is 60.2 Å². The molecule has 7 aliphatic rings. The monoisotopic (exact) mass is 919 g/mol. The van der Waals surface area contributed by atoms with Gasteiger partial charge in [-0.2, -0.15) is 0 Å². The second-order valence-electron chi connectivity index (χ2n) is 24.8. The minimum absolute atomic E-state index is 0.207. The summed E-state index contributed by atoms with van der Waals surface area (Å²) >= 11 is 0. The summed E-state index contributed by atoms with van der Waals surface area (Å²) in [6.45, 7) is 8.40. The molecule has 3 N–H and O–H groups in total. The van der Waals surface area contributed by atoms with Gasteiger partial charge in [-0.05, 0) is 203 Å². The number of aryl methyl sites for hydroxylation is 2. The maximum absolute atomic E-state index is 13.8. The normalized spacial score (nSPS) is 38.8. The van der Waals surface area contributed by atoms with E-state index in [0.717, 1.165) is 62.9 Å². The standard InChI is InChI=1S/C60H86O7/c1-42(14-13-19-45-15-7-5-8-16-45)20-23-51(62)60-52(63)27-30-55(4,54(60)50(67-44(3)61)36-43(2)59(60,65)33-24-47-37-53(64)66-39-47)48-25-31-57(32-26-48)38-49(22-21-46-17-9-6-10-18-46)58(41-57)35-34-56(40-58)28-11-12-29-56/h5-10,15-18,37,42-43,48-52,54,62-63,65H,11-14,19-36,38-41H2,1-4H3. The summed E-state index contributed by atoms with van der Waals surface area (Å²) < 4.78 is 11.8. The quantitative estimate of drug-likeness (QED) is 0.144. The number of rotatable bonds is 16. The van der Waals surface area contributed by atoms with E-state index in [2.05, 4.69) is 74.5 Å². The summed E-state index contributed by atoms with van der Waals surface area (Å²) in [4.78, 5) is 25.5. The minimum Gasteiger partial charge on any atom is -0.462 e. The fourth-order valence-electron chi connectivity index (χ4n) is 17.8. The van der Waals surface area contributed by atoms with E-state index in [1.54, 1.807) is 6.08 Å². The van der Waals surface area contributed by atoms with Crippen LogP contribution in [0.15, 0.2) is 72.3 Å². The van der Waals surface area contributed by atoms with E-state index in [1.165, 1.54) is 95.1 Å². The number of carbonyl (C=O) groups excluding carboxylic acids is 2. The van der Waals surface area contributed by atoms with Crippen molar-refractivity contribution in [1.29, 1.82) is 0 Å². The van der Waals surface area contributed by atoms with Crippen LogP contribution in [0.25, 0.3) is 0 Å². The predicted octanol–water partition coefficient (Wildman–Crippen LogP) is 12.5. The second-order valence-corrected chi connectivity index (χ2v) is 24.8. The van der Waals surface area contributed by atoms with E-state index < -0.39 is 40.7 Å². The number of hydrogen-bond acceptors (Lipinski definition) is 7. The van der Waals surface area contributed by atoms with Crippen LogP contribution in [0.2, 0.25) is 0 Å². The Kier molecular flexibility index (Phi) is 14.4. The fourth-order valence-corrected chi connectivity index (χ4v) is 17.8. The Morgan fingerprint density at radius 2 is 1.51 bits per heavy atom.